The van der Waals surface area contributed by atoms with Gasteiger partial charge in [0.25, 0.3) is 5.91 Å². The van der Waals surface area contributed by atoms with Gasteiger partial charge in [0.15, 0.2) is 0 Å². The molecule has 1 amide bonds. The molecule has 2 aromatic carbocycles. The summed E-state index contributed by atoms with van der Waals surface area (Å²) < 4.78 is 10.5. The number of nitrogens with zero attached hydrogens (tertiary/aromatic N) is 1. The second-order valence-corrected chi connectivity index (χ2v) is 8.04. The minimum atomic E-state index is -0.696. The molecule has 2 heterocycles. The van der Waals surface area contributed by atoms with Gasteiger partial charge in [-0.25, -0.2) is 4.79 Å². The molecule has 0 saturated heterocycles. The van der Waals surface area contributed by atoms with Gasteiger partial charge in [-0.3, -0.25) is 4.79 Å². The van der Waals surface area contributed by atoms with Crippen molar-refractivity contribution in [2.75, 3.05) is 12.4 Å². The van der Waals surface area contributed by atoms with Crippen molar-refractivity contribution in [1.82, 2.24) is 0 Å². The van der Waals surface area contributed by atoms with Crippen molar-refractivity contribution in [2.45, 2.75) is 0 Å². The largest absolute Gasteiger partial charge is 0.496 e. The SMILES string of the molecule is COc1ccc(Cl)cc1C(=O)Nc1ccc(-c2cc(-c3cccs3)oc(=O)c2C#N)cc1. The van der Waals surface area contributed by atoms with Crippen LogP contribution in [0, 0.1) is 11.3 Å². The Morgan fingerprint density at radius 1 is 1.16 bits per heavy atom. The Morgan fingerprint density at radius 2 is 1.94 bits per heavy atom. The van der Waals surface area contributed by atoms with Crippen LogP contribution in [0.5, 0.6) is 5.75 Å². The average molecular weight is 463 g/mol. The van der Waals surface area contributed by atoms with Crippen LogP contribution in [-0.2, 0) is 0 Å². The average Bonchev–Trinajstić information content (AvgIpc) is 3.34. The maximum absolute atomic E-state index is 12.7. The number of benzene rings is 2. The van der Waals surface area contributed by atoms with E-state index in [4.69, 9.17) is 20.8 Å². The number of halogens is 1. The Morgan fingerprint density at radius 3 is 2.59 bits per heavy atom. The van der Waals surface area contributed by atoms with Crippen LogP contribution in [0.1, 0.15) is 15.9 Å². The molecule has 8 heteroatoms. The molecule has 0 aliphatic heterocycles. The monoisotopic (exact) mass is 462 g/mol. The molecule has 0 radical (unpaired) electrons. The van der Waals surface area contributed by atoms with Crippen LogP contribution in [-0.4, -0.2) is 13.0 Å². The lowest BCUT2D eigenvalue weighted by molar-refractivity contribution is 0.102. The van der Waals surface area contributed by atoms with Gasteiger partial charge in [-0.15, -0.1) is 11.3 Å². The first-order valence-electron chi connectivity index (χ1n) is 9.37. The summed E-state index contributed by atoms with van der Waals surface area (Å²) >= 11 is 7.44. The second kappa shape index (κ2) is 9.10. The third-order valence-corrected chi connectivity index (χ3v) is 5.81. The van der Waals surface area contributed by atoms with E-state index in [1.54, 1.807) is 42.5 Å². The zero-order chi connectivity index (χ0) is 22.7. The van der Waals surface area contributed by atoms with Crippen molar-refractivity contribution in [2.24, 2.45) is 0 Å². The minimum absolute atomic E-state index is 0.0780. The third-order valence-electron chi connectivity index (χ3n) is 4.69. The van der Waals surface area contributed by atoms with Gasteiger partial charge in [-0.1, -0.05) is 29.8 Å². The summed E-state index contributed by atoms with van der Waals surface area (Å²) in [5.41, 5.74) is 1.16. The number of amides is 1. The maximum atomic E-state index is 12.7. The van der Waals surface area contributed by atoms with E-state index in [1.165, 1.54) is 24.5 Å². The number of carbonyl (C=O) groups is 1. The van der Waals surface area contributed by atoms with Gasteiger partial charge in [-0.2, -0.15) is 5.26 Å². The highest BCUT2D eigenvalue weighted by Crippen LogP contribution is 2.31. The van der Waals surface area contributed by atoms with E-state index in [-0.39, 0.29) is 11.5 Å². The molecule has 0 atom stereocenters. The molecule has 158 valence electrons. The number of rotatable bonds is 5. The normalized spacial score (nSPS) is 10.4. The molecule has 0 saturated carbocycles. The van der Waals surface area contributed by atoms with Crippen LogP contribution >= 0.6 is 22.9 Å². The minimum Gasteiger partial charge on any atom is -0.496 e. The first-order chi connectivity index (χ1) is 15.5. The Balaban J connectivity index is 1.65. The maximum Gasteiger partial charge on any atom is 0.354 e. The van der Waals surface area contributed by atoms with Crippen LogP contribution in [0.4, 0.5) is 5.69 Å². The van der Waals surface area contributed by atoms with Gasteiger partial charge < -0.3 is 14.5 Å². The Kier molecular flexibility index (Phi) is 6.08. The molecule has 0 unspecified atom stereocenters. The topological polar surface area (TPSA) is 92.3 Å². The highest BCUT2D eigenvalue weighted by molar-refractivity contribution is 7.13. The summed E-state index contributed by atoms with van der Waals surface area (Å²) in [5, 5.41) is 14.5. The van der Waals surface area contributed by atoms with Crippen LogP contribution in [0.15, 0.2) is 75.3 Å². The van der Waals surface area contributed by atoms with Crippen molar-refractivity contribution in [3.63, 3.8) is 0 Å². The first kappa shape index (κ1) is 21.4. The Labute approximate surface area is 192 Å². The lowest BCUT2D eigenvalue weighted by atomic mass is 10.0. The lowest BCUT2D eigenvalue weighted by Crippen LogP contribution is -2.13. The molecular weight excluding hydrogens is 448 g/mol. The van der Waals surface area contributed by atoms with E-state index in [1.807, 2.05) is 23.6 Å². The number of carbonyl (C=O) groups excluding carboxylic acids is 1. The van der Waals surface area contributed by atoms with Gasteiger partial charge in [0, 0.05) is 16.3 Å². The van der Waals surface area contributed by atoms with Crippen molar-refractivity contribution < 1.29 is 13.9 Å². The van der Waals surface area contributed by atoms with Gasteiger partial charge in [0.1, 0.15) is 23.1 Å². The van der Waals surface area contributed by atoms with Gasteiger partial charge in [-0.05, 0) is 53.4 Å². The quantitative estimate of drug-likeness (QED) is 0.403. The lowest BCUT2D eigenvalue weighted by Gasteiger charge is -2.11. The molecule has 0 aliphatic rings. The van der Waals surface area contributed by atoms with Crippen molar-refractivity contribution in [3.8, 4) is 33.6 Å². The summed E-state index contributed by atoms with van der Waals surface area (Å²) in [6.07, 6.45) is 0. The molecule has 0 bridgehead atoms. The zero-order valence-electron chi connectivity index (χ0n) is 16.7. The van der Waals surface area contributed by atoms with E-state index in [9.17, 15) is 14.9 Å². The molecule has 2 aromatic heterocycles. The van der Waals surface area contributed by atoms with Crippen LogP contribution in [0.2, 0.25) is 5.02 Å². The standard InChI is InChI=1S/C24H15ClN2O4S/c1-30-20-9-6-15(25)11-18(20)23(28)27-16-7-4-14(5-8-16)17-12-21(22-3-2-10-32-22)31-24(29)19(17)13-26/h2-12H,1H3,(H,27,28). The summed E-state index contributed by atoms with van der Waals surface area (Å²) in [7, 11) is 1.47. The number of anilines is 1. The fourth-order valence-electron chi connectivity index (χ4n) is 3.16. The fourth-order valence-corrected chi connectivity index (χ4v) is 4.01. The summed E-state index contributed by atoms with van der Waals surface area (Å²) in [6.45, 7) is 0. The van der Waals surface area contributed by atoms with Crippen LogP contribution < -0.4 is 15.7 Å². The summed E-state index contributed by atoms with van der Waals surface area (Å²) in [5.74, 6) is 0.416. The van der Waals surface area contributed by atoms with Gasteiger partial charge in [0.05, 0.1) is 17.6 Å². The predicted octanol–water partition coefficient (Wildman–Crippen LogP) is 5.82. The Hall–Kier alpha value is -3.86. The van der Waals surface area contributed by atoms with Crippen LogP contribution in [0.3, 0.4) is 0 Å². The molecular formula is C24H15ClN2O4S. The molecule has 0 spiro atoms. The molecule has 32 heavy (non-hydrogen) atoms. The summed E-state index contributed by atoms with van der Waals surface area (Å²) in [6, 6.07) is 18.9. The van der Waals surface area contributed by atoms with Crippen molar-refractivity contribution in [3.05, 3.63) is 92.6 Å². The molecule has 1 N–H and O–H groups in total. The number of thiophene rings is 1. The highest BCUT2D eigenvalue weighted by Gasteiger charge is 2.16. The summed E-state index contributed by atoms with van der Waals surface area (Å²) in [4.78, 5) is 25.8. The number of methoxy groups -OCH3 is 1. The number of nitrogens with one attached hydrogen (secondary N) is 1. The second-order valence-electron chi connectivity index (χ2n) is 6.65. The van der Waals surface area contributed by atoms with E-state index >= 15 is 0 Å². The number of hydrogen-bond donors (Lipinski definition) is 1. The van der Waals surface area contributed by atoms with Crippen molar-refractivity contribution >= 4 is 34.5 Å². The van der Waals surface area contributed by atoms with Crippen molar-refractivity contribution in [1.29, 1.82) is 5.26 Å². The van der Waals surface area contributed by atoms with E-state index < -0.39 is 5.63 Å². The number of ether oxygens (including phenoxy) is 1. The molecule has 4 rings (SSSR count). The third kappa shape index (κ3) is 4.28. The molecule has 0 fully saturated rings. The molecule has 4 aromatic rings. The predicted molar refractivity (Wildman–Crippen MR) is 124 cm³/mol. The number of nitriles is 1. The van der Waals surface area contributed by atoms with E-state index in [2.05, 4.69) is 5.32 Å². The van der Waals surface area contributed by atoms with Gasteiger partial charge in [0.2, 0.25) is 0 Å². The zero-order valence-corrected chi connectivity index (χ0v) is 18.3. The highest BCUT2D eigenvalue weighted by atomic mass is 35.5. The first-order valence-corrected chi connectivity index (χ1v) is 10.6. The fraction of sp³-hybridized carbons (Fsp3) is 0.0417. The smallest absolute Gasteiger partial charge is 0.354 e. The van der Waals surface area contributed by atoms with Gasteiger partial charge >= 0.3 is 5.63 Å². The number of hydrogen-bond acceptors (Lipinski definition) is 6. The molecule has 0 aliphatic carbocycles. The van der Waals surface area contributed by atoms with E-state index in [0.29, 0.717) is 38.9 Å². The molecule has 6 nitrogen and oxygen atoms in total. The van der Waals surface area contributed by atoms with Crippen LogP contribution in [0.25, 0.3) is 21.8 Å². The van der Waals surface area contributed by atoms with E-state index in [0.717, 1.165) is 4.88 Å². The Bertz CT molecular complexity index is 1390.